The number of halogens is 1. The second-order valence-corrected chi connectivity index (χ2v) is 4.65. The summed E-state index contributed by atoms with van der Waals surface area (Å²) in [5, 5.41) is 11.3. The maximum absolute atomic E-state index is 5.59. The van der Waals surface area contributed by atoms with Crippen LogP contribution >= 0.6 is 15.9 Å². The Morgan fingerprint density at radius 2 is 2.28 bits per heavy atom. The molecule has 18 heavy (non-hydrogen) atoms. The van der Waals surface area contributed by atoms with Gasteiger partial charge >= 0.3 is 0 Å². The zero-order chi connectivity index (χ0) is 12.8. The summed E-state index contributed by atoms with van der Waals surface area (Å²) in [6.07, 6.45) is 3.47. The zero-order valence-corrected chi connectivity index (χ0v) is 11.8. The van der Waals surface area contributed by atoms with E-state index < -0.39 is 0 Å². The van der Waals surface area contributed by atoms with Gasteiger partial charge in [-0.05, 0) is 47.6 Å². The summed E-state index contributed by atoms with van der Waals surface area (Å²) in [6, 6.07) is 3.75. The number of aromatic nitrogens is 3. The van der Waals surface area contributed by atoms with Crippen molar-refractivity contribution >= 4 is 15.9 Å². The van der Waals surface area contributed by atoms with Gasteiger partial charge in [-0.15, -0.1) is 10.2 Å². The van der Waals surface area contributed by atoms with E-state index in [-0.39, 0.29) is 0 Å². The summed E-state index contributed by atoms with van der Waals surface area (Å²) in [6.45, 7) is 4.03. The molecule has 0 aromatic carbocycles. The van der Waals surface area contributed by atoms with E-state index in [1.54, 1.807) is 6.20 Å². The van der Waals surface area contributed by atoms with E-state index in [4.69, 9.17) is 4.42 Å². The highest BCUT2D eigenvalue weighted by Crippen LogP contribution is 2.24. The number of hydrogen-bond acceptors (Lipinski definition) is 5. The summed E-state index contributed by atoms with van der Waals surface area (Å²) in [5.74, 6) is 1.11. The van der Waals surface area contributed by atoms with E-state index in [1.165, 1.54) is 0 Å². The molecule has 6 heteroatoms. The molecular weight excluding hydrogens is 296 g/mol. The van der Waals surface area contributed by atoms with Crippen molar-refractivity contribution in [3.05, 3.63) is 28.7 Å². The molecule has 0 atom stereocenters. The number of aryl methyl sites for hydroxylation is 1. The first kappa shape index (κ1) is 13.2. The van der Waals surface area contributed by atoms with Crippen LogP contribution in [0.5, 0.6) is 0 Å². The van der Waals surface area contributed by atoms with Gasteiger partial charge in [-0.25, -0.2) is 4.98 Å². The van der Waals surface area contributed by atoms with Gasteiger partial charge < -0.3 is 9.73 Å². The Bertz CT molecular complexity index is 500. The average molecular weight is 311 g/mol. The molecule has 2 aromatic rings. The van der Waals surface area contributed by atoms with Crippen molar-refractivity contribution in [2.24, 2.45) is 0 Å². The molecule has 1 N–H and O–H groups in total. The molecule has 0 unspecified atom stereocenters. The van der Waals surface area contributed by atoms with E-state index in [0.717, 1.165) is 30.4 Å². The minimum atomic E-state index is 0.459. The Kier molecular flexibility index (Phi) is 4.83. The van der Waals surface area contributed by atoms with Crippen molar-refractivity contribution in [2.45, 2.75) is 19.8 Å². The lowest BCUT2D eigenvalue weighted by molar-refractivity contribution is 0.491. The minimum absolute atomic E-state index is 0.459. The fraction of sp³-hybridized carbons (Fsp3) is 0.417. The lowest BCUT2D eigenvalue weighted by atomic mass is 10.3. The Labute approximate surface area is 114 Å². The maximum Gasteiger partial charge on any atom is 0.267 e. The van der Waals surface area contributed by atoms with E-state index in [0.29, 0.717) is 17.5 Å². The first-order chi connectivity index (χ1) is 8.81. The third-order valence-corrected chi connectivity index (χ3v) is 3.06. The highest BCUT2D eigenvalue weighted by atomic mass is 79.9. The Hall–Kier alpha value is -1.27. The predicted molar refractivity (Wildman–Crippen MR) is 72.1 cm³/mol. The molecule has 0 radical (unpaired) electrons. The first-order valence-electron chi connectivity index (χ1n) is 5.95. The first-order valence-corrected chi connectivity index (χ1v) is 6.74. The zero-order valence-electron chi connectivity index (χ0n) is 10.2. The molecule has 0 bridgehead atoms. The minimum Gasteiger partial charge on any atom is -0.419 e. The van der Waals surface area contributed by atoms with Crippen molar-refractivity contribution in [3.63, 3.8) is 0 Å². The van der Waals surface area contributed by atoms with Gasteiger partial charge in [0.05, 0.1) is 0 Å². The number of nitrogens with one attached hydrogen (secondary N) is 1. The molecule has 0 aliphatic rings. The molecule has 96 valence electrons. The van der Waals surface area contributed by atoms with Crippen LogP contribution in [0.3, 0.4) is 0 Å². The average Bonchev–Trinajstić information content (AvgIpc) is 2.84. The Morgan fingerprint density at radius 3 is 3.06 bits per heavy atom. The maximum atomic E-state index is 5.59. The van der Waals surface area contributed by atoms with Crippen molar-refractivity contribution < 1.29 is 4.42 Å². The van der Waals surface area contributed by atoms with Gasteiger partial charge in [-0.3, -0.25) is 0 Å². The van der Waals surface area contributed by atoms with Gasteiger partial charge in [0.1, 0.15) is 5.69 Å². The topological polar surface area (TPSA) is 63.8 Å². The molecule has 0 saturated carbocycles. The molecule has 0 amide bonds. The third kappa shape index (κ3) is 3.36. The fourth-order valence-corrected chi connectivity index (χ4v) is 1.96. The van der Waals surface area contributed by atoms with E-state index in [9.17, 15) is 0 Å². The summed E-state index contributed by atoms with van der Waals surface area (Å²) in [7, 11) is 0. The Morgan fingerprint density at radius 1 is 1.39 bits per heavy atom. The monoisotopic (exact) mass is 310 g/mol. The van der Waals surface area contributed by atoms with Crippen LogP contribution in [0.4, 0.5) is 0 Å². The Balaban J connectivity index is 2.00. The molecular formula is C12H15BrN4O. The van der Waals surface area contributed by atoms with Crippen LogP contribution in [0.25, 0.3) is 11.6 Å². The van der Waals surface area contributed by atoms with Crippen molar-refractivity contribution in [3.8, 4) is 11.6 Å². The van der Waals surface area contributed by atoms with E-state index >= 15 is 0 Å². The lowest BCUT2D eigenvalue weighted by Crippen LogP contribution is -2.14. The van der Waals surface area contributed by atoms with Crippen molar-refractivity contribution in [2.75, 3.05) is 13.1 Å². The molecule has 0 fully saturated rings. The summed E-state index contributed by atoms with van der Waals surface area (Å²) >= 11 is 3.42. The third-order valence-electron chi connectivity index (χ3n) is 2.42. The second-order valence-electron chi connectivity index (χ2n) is 3.79. The normalized spacial score (nSPS) is 10.8. The number of rotatable bonds is 6. The molecule has 0 saturated heterocycles. The molecule has 0 spiro atoms. The standard InChI is InChI=1S/C12H15BrN4O/c1-2-14-7-4-6-10-16-17-12(18-10)11-9(13)5-3-8-15-11/h3,5,8,14H,2,4,6-7H2,1H3. The number of pyridine rings is 1. The van der Waals surface area contributed by atoms with Crippen molar-refractivity contribution in [1.82, 2.24) is 20.5 Å². The van der Waals surface area contributed by atoms with Crippen LogP contribution in [0.1, 0.15) is 19.2 Å². The number of nitrogens with zero attached hydrogens (tertiary/aromatic N) is 3. The second kappa shape index (κ2) is 6.61. The van der Waals surface area contributed by atoms with Crippen LogP contribution in [-0.2, 0) is 6.42 Å². The van der Waals surface area contributed by atoms with Gasteiger partial charge in [0, 0.05) is 17.1 Å². The van der Waals surface area contributed by atoms with Crippen LogP contribution in [0, 0.1) is 0 Å². The molecule has 2 aromatic heterocycles. The summed E-state index contributed by atoms with van der Waals surface area (Å²) in [4.78, 5) is 4.22. The largest absolute Gasteiger partial charge is 0.419 e. The number of hydrogen-bond donors (Lipinski definition) is 1. The van der Waals surface area contributed by atoms with Gasteiger partial charge in [0.15, 0.2) is 0 Å². The fourth-order valence-electron chi connectivity index (χ4n) is 1.53. The van der Waals surface area contributed by atoms with Crippen molar-refractivity contribution in [1.29, 1.82) is 0 Å². The molecule has 2 heterocycles. The quantitative estimate of drug-likeness (QED) is 0.830. The molecule has 2 rings (SSSR count). The summed E-state index contributed by atoms with van der Waals surface area (Å²) in [5.41, 5.74) is 0.683. The van der Waals surface area contributed by atoms with Gasteiger partial charge in [0.25, 0.3) is 5.89 Å². The molecule has 0 aliphatic heterocycles. The lowest BCUT2D eigenvalue weighted by Gasteiger charge is -1.98. The van der Waals surface area contributed by atoms with E-state index in [2.05, 4.69) is 43.4 Å². The van der Waals surface area contributed by atoms with Gasteiger partial charge in [0.2, 0.25) is 5.89 Å². The van der Waals surface area contributed by atoms with Crippen LogP contribution in [0.2, 0.25) is 0 Å². The molecule has 0 aliphatic carbocycles. The summed E-state index contributed by atoms with van der Waals surface area (Å²) < 4.78 is 6.44. The molecule has 5 nitrogen and oxygen atoms in total. The van der Waals surface area contributed by atoms with Gasteiger partial charge in [-0.1, -0.05) is 6.92 Å². The van der Waals surface area contributed by atoms with Gasteiger partial charge in [-0.2, -0.15) is 0 Å². The predicted octanol–water partition coefficient (Wildman–Crippen LogP) is 2.44. The van der Waals surface area contributed by atoms with E-state index in [1.807, 2.05) is 12.1 Å². The van der Waals surface area contributed by atoms with Crippen LogP contribution in [0.15, 0.2) is 27.2 Å². The highest BCUT2D eigenvalue weighted by Gasteiger charge is 2.12. The van der Waals surface area contributed by atoms with Crippen LogP contribution in [-0.4, -0.2) is 28.3 Å². The smallest absolute Gasteiger partial charge is 0.267 e. The van der Waals surface area contributed by atoms with Crippen LogP contribution < -0.4 is 5.32 Å². The highest BCUT2D eigenvalue weighted by molar-refractivity contribution is 9.10. The SMILES string of the molecule is CCNCCCc1nnc(-c2ncccc2Br)o1.